The van der Waals surface area contributed by atoms with Gasteiger partial charge in [0.15, 0.2) is 0 Å². The lowest BCUT2D eigenvalue weighted by Crippen LogP contribution is -2.41. The molecule has 2 aromatic rings. The molecule has 0 aliphatic carbocycles. The van der Waals surface area contributed by atoms with Gasteiger partial charge < -0.3 is 15.0 Å². The second-order valence-corrected chi connectivity index (χ2v) is 6.36. The monoisotopic (exact) mass is 340 g/mol. The molecule has 2 aromatic heterocycles. The van der Waals surface area contributed by atoms with Crippen molar-refractivity contribution in [2.24, 2.45) is 5.92 Å². The zero-order chi connectivity index (χ0) is 17.5. The van der Waals surface area contributed by atoms with Gasteiger partial charge in [-0.3, -0.25) is 9.78 Å². The van der Waals surface area contributed by atoms with Crippen LogP contribution in [0.15, 0.2) is 42.9 Å². The molecule has 3 heterocycles. The third kappa shape index (κ3) is 4.76. The average molecular weight is 340 g/mol. The molecule has 0 spiro atoms. The fraction of sp³-hybridized carbons (Fsp3) is 0.421. The van der Waals surface area contributed by atoms with Gasteiger partial charge in [0.1, 0.15) is 5.82 Å². The summed E-state index contributed by atoms with van der Waals surface area (Å²) in [6.07, 6.45) is 7.36. The number of hydrogen-bond donors (Lipinski definition) is 1. The number of piperidine rings is 1. The van der Waals surface area contributed by atoms with E-state index in [9.17, 15) is 4.79 Å². The molecule has 1 aliphatic rings. The Morgan fingerprint density at radius 3 is 3.00 bits per heavy atom. The van der Waals surface area contributed by atoms with Crippen molar-refractivity contribution >= 4 is 11.7 Å². The first kappa shape index (κ1) is 17.4. The molecule has 6 heteroatoms. The van der Waals surface area contributed by atoms with E-state index in [1.54, 1.807) is 19.5 Å². The van der Waals surface area contributed by atoms with Crippen LogP contribution >= 0.6 is 0 Å². The second kappa shape index (κ2) is 8.58. The van der Waals surface area contributed by atoms with E-state index < -0.39 is 0 Å². The Morgan fingerprint density at radius 2 is 2.28 bits per heavy atom. The van der Waals surface area contributed by atoms with Crippen LogP contribution in [0.3, 0.4) is 0 Å². The fourth-order valence-electron chi connectivity index (χ4n) is 3.12. The van der Waals surface area contributed by atoms with Crippen molar-refractivity contribution in [3.63, 3.8) is 0 Å². The quantitative estimate of drug-likeness (QED) is 0.875. The predicted molar refractivity (Wildman–Crippen MR) is 96.3 cm³/mol. The lowest BCUT2D eigenvalue weighted by Gasteiger charge is -2.32. The molecule has 0 bridgehead atoms. The van der Waals surface area contributed by atoms with E-state index in [1.165, 1.54) is 0 Å². The Bertz CT molecular complexity index is 674. The highest BCUT2D eigenvalue weighted by atomic mass is 16.5. The lowest BCUT2D eigenvalue weighted by molar-refractivity contribution is 0.0570. The largest absolute Gasteiger partial charge is 0.384 e. The topological polar surface area (TPSA) is 67.3 Å². The van der Waals surface area contributed by atoms with Crippen LogP contribution in [0, 0.1) is 5.92 Å². The van der Waals surface area contributed by atoms with Gasteiger partial charge in [-0.2, -0.15) is 0 Å². The molecule has 25 heavy (non-hydrogen) atoms. The number of anilines is 1. The highest BCUT2D eigenvalue weighted by Crippen LogP contribution is 2.19. The number of nitrogens with one attached hydrogen (secondary N) is 1. The molecule has 1 amide bonds. The molecule has 1 unspecified atom stereocenters. The fourth-order valence-corrected chi connectivity index (χ4v) is 3.12. The van der Waals surface area contributed by atoms with Crippen LogP contribution in [0.5, 0.6) is 0 Å². The van der Waals surface area contributed by atoms with E-state index in [-0.39, 0.29) is 5.91 Å². The number of aromatic nitrogens is 2. The van der Waals surface area contributed by atoms with Gasteiger partial charge >= 0.3 is 0 Å². The van der Waals surface area contributed by atoms with Crippen LogP contribution < -0.4 is 5.32 Å². The molecule has 0 radical (unpaired) electrons. The Morgan fingerprint density at radius 1 is 1.36 bits per heavy atom. The molecular formula is C19H24N4O2. The maximum absolute atomic E-state index is 12.7. The highest BCUT2D eigenvalue weighted by molar-refractivity contribution is 5.94. The van der Waals surface area contributed by atoms with E-state index in [0.29, 0.717) is 24.6 Å². The zero-order valence-electron chi connectivity index (χ0n) is 14.5. The van der Waals surface area contributed by atoms with Crippen LogP contribution in [0.1, 0.15) is 28.8 Å². The number of ether oxygens (including phenoxy) is 1. The summed E-state index contributed by atoms with van der Waals surface area (Å²) in [4.78, 5) is 23.0. The van der Waals surface area contributed by atoms with Crippen molar-refractivity contribution in [3.05, 3.63) is 54.0 Å². The Balaban J connectivity index is 1.57. The SMILES string of the molecule is COCC1CCCN(C(=O)c2ccc(NCc3cccnc3)nc2)C1. The summed E-state index contributed by atoms with van der Waals surface area (Å²) in [7, 11) is 1.71. The first-order chi connectivity index (χ1) is 12.3. The number of methoxy groups -OCH3 is 1. The number of carbonyl (C=O) groups is 1. The predicted octanol–water partition coefficient (Wildman–Crippen LogP) is 2.59. The number of rotatable bonds is 6. The third-order valence-electron chi connectivity index (χ3n) is 4.42. The second-order valence-electron chi connectivity index (χ2n) is 6.36. The van der Waals surface area contributed by atoms with Gasteiger partial charge in [-0.25, -0.2) is 4.98 Å². The minimum Gasteiger partial charge on any atom is -0.384 e. The summed E-state index contributed by atoms with van der Waals surface area (Å²) < 4.78 is 5.23. The standard InChI is InChI=1S/C19H24N4O2/c1-25-14-16-5-3-9-23(13-16)19(24)17-6-7-18(22-12-17)21-11-15-4-2-8-20-10-15/h2,4,6-8,10,12,16H,3,5,9,11,13-14H2,1H3,(H,21,22). The van der Waals surface area contributed by atoms with E-state index >= 15 is 0 Å². The van der Waals surface area contributed by atoms with Gasteiger partial charge in [-0.05, 0) is 42.5 Å². The van der Waals surface area contributed by atoms with Crippen molar-refractivity contribution in [2.75, 3.05) is 32.1 Å². The summed E-state index contributed by atoms with van der Waals surface area (Å²) in [5.74, 6) is 1.22. The van der Waals surface area contributed by atoms with Crippen LogP contribution in [0.4, 0.5) is 5.82 Å². The molecule has 1 atom stereocenters. The van der Waals surface area contributed by atoms with Gasteiger partial charge in [0.2, 0.25) is 0 Å². The summed E-state index contributed by atoms with van der Waals surface area (Å²) in [6.45, 7) is 2.92. The molecule has 0 aromatic carbocycles. The minimum absolute atomic E-state index is 0.0483. The van der Waals surface area contributed by atoms with E-state index in [2.05, 4.69) is 15.3 Å². The first-order valence-electron chi connectivity index (χ1n) is 8.63. The third-order valence-corrected chi connectivity index (χ3v) is 4.42. The highest BCUT2D eigenvalue weighted by Gasteiger charge is 2.24. The number of nitrogens with zero attached hydrogens (tertiary/aromatic N) is 3. The maximum atomic E-state index is 12.7. The number of hydrogen-bond acceptors (Lipinski definition) is 5. The molecule has 6 nitrogen and oxygen atoms in total. The molecule has 132 valence electrons. The molecule has 1 N–H and O–H groups in total. The van der Waals surface area contributed by atoms with Crippen LogP contribution in [0.25, 0.3) is 0 Å². The van der Waals surface area contributed by atoms with Crippen molar-refractivity contribution in [3.8, 4) is 0 Å². The molecule has 3 rings (SSSR count). The smallest absolute Gasteiger partial charge is 0.255 e. The van der Waals surface area contributed by atoms with Crippen molar-refractivity contribution < 1.29 is 9.53 Å². The number of likely N-dealkylation sites (tertiary alicyclic amines) is 1. The van der Waals surface area contributed by atoms with Gasteiger partial charge in [-0.1, -0.05) is 6.07 Å². The van der Waals surface area contributed by atoms with Crippen molar-refractivity contribution in [1.82, 2.24) is 14.9 Å². The van der Waals surface area contributed by atoms with Gasteiger partial charge in [0.05, 0.1) is 12.2 Å². The van der Waals surface area contributed by atoms with Crippen LogP contribution in [-0.2, 0) is 11.3 Å². The number of carbonyl (C=O) groups excluding carboxylic acids is 1. The van der Waals surface area contributed by atoms with Crippen LogP contribution in [0.2, 0.25) is 0 Å². The Labute approximate surface area is 148 Å². The molecular weight excluding hydrogens is 316 g/mol. The van der Waals surface area contributed by atoms with Crippen LogP contribution in [-0.4, -0.2) is 47.6 Å². The average Bonchev–Trinajstić information content (AvgIpc) is 2.67. The summed E-state index contributed by atoms with van der Waals surface area (Å²) in [5, 5.41) is 3.24. The number of pyridine rings is 2. The summed E-state index contributed by atoms with van der Waals surface area (Å²) in [6, 6.07) is 7.59. The lowest BCUT2D eigenvalue weighted by atomic mass is 9.98. The van der Waals surface area contributed by atoms with Crippen molar-refractivity contribution in [1.29, 1.82) is 0 Å². The molecule has 1 saturated heterocycles. The molecule has 1 fully saturated rings. The Kier molecular flexibility index (Phi) is 5.95. The zero-order valence-corrected chi connectivity index (χ0v) is 14.5. The van der Waals surface area contributed by atoms with E-state index in [0.717, 1.165) is 37.3 Å². The molecule has 1 aliphatic heterocycles. The van der Waals surface area contributed by atoms with Gasteiger partial charge in [0, 0.05) is 45.3 Å². The Hall–Kier alpha value is -2.47. The van der Waals surface area contributed by atoms with Gasteiger partial charge in [-0.15, -0.1) is 0 Å². The summed E-state index contributed by atoms with van der Waals surface area (Å²) in [5.41, 5.74) is 1.71. The summed E-state index contributed by atoms with van der Waals surface area (Å²) >= 11 is 0. The van der Waals surface area contributed by atoms with Gasteiger partial charge in [0.25, 0.3) is 5.91 Å². The minimum atomic E-state index is 0.0483. The first-order valence-corrected chi connectivity index (χ1v) is 8.63. The van der Waals surface area contributed by atoms with E-state index in [4.69, 9.17) is 4.74 Å². The van der Waals surface area contributed by atoms with E-state index in [1.807, 2.05) is 35.4 Å². The normalized spacial score (nSPS) is 17.3. The van der Waals surface area contributed by atoms with Crippen molar-refractivity contribution in [2.45, 2.75) is 19.4 Å². The number of amides is 1. The maximum Gasteiger partial charge on any atom is 0.255 e. The molecule has 0 saturated carbocycles.